The van der Waals surface area contributed by atoms with E-state index < -0.39 is 0 Å². The zero-order valence-corrected chi connectivity index (χ0v) is 20.0. The van der Waals surface area contributed by atoms with Gasteiger partial charge in [0.1, 0.15) is 0 Å². The number of amides is 1. The minimum atomic E-state index is -0.0444. The molecule has 0 saturated carbocycles. The van der Waals surface area contributed by atoms with Gasteiger partial charge in [-0.15, -0.1) is 24.0 Å². The third-order valence-corrected chi connectivity index (χ3v) is 5.07. The second-order valence-corrected chi connectivity index (χ2v) is 7.21. The van der Waals surface area contributed by atoms with Crippen LogP contribution in [0.1, 0.15) is 38.2 Å². The van der Waals surface area contributed by atoms with E-state index in [4.69, 9.17) is 11.6 Å². The van der Waals surface area contributed by atoms with E-state index in [1.54, 1.807) is 0 Å². The molecule has 1 aromatic carbocycles. The van der Waals surface area contributed by atoms with Crippen LogP contribution in [0.4, 0.5) is 5.69 Å². The molecule has 1 saturated heterocycles. The molecule has 0 bridgehead atoms. The van der Waals surface area contributed by atoms with Gasteiger partial charge in [-0.3, -0.25) is 9.79 Å². The van der Waals surface area contributed by atoms with E-state index in [2.05, 4.69) is 25.8 Å². The summed E-state index contributed by atoms with van der Waals surface area (Å²) < 4.78 is 0. The SMILES string of the molecule is CCNC(=NCCN1CCCCC1)NCCC(=O)Nc1cccc(Cl)c1C.I. The van der Waals surface area contributed by atoms with E-state index in [9.17, 15) is 4.79 Å². The molecule has 0 aromatic heterocycles. The number of piperidine rings is 1. The minimum absolute atomic E-state index is 0. The van der Waals surface area contributed by atoms with Crippen LogP contribution >= 0.6 is 35.6 Å². The molecule has 6 nitrogen and oxygen atoms in total. The third-order valence-electron chi connectivity index (χ3n) is 4.67. The van der Waals surface area contributed by atoms with Gasteiger partial charge >= 0.3 is 0 Å². The molecule has 8 heteroatoms. The molecule has 1 aliphatic rings. The van der Waals surface area contributed by atoms with Crippen LogP contribution in [0.2, 0.25) is 5.02 Å². The summed E-state index contributed by atoms with van der Waals surface area (Å²) in [6.45, 7) is 9.38. The highest BCUT2D eigenvalue weighted by Crippen LogP contribution is 2.22. The first kappa shape index (κ1) is 25.0. The van der Waals surface area contributed by atoms with Crippen molar-refractivity contribution in [3.63, 3.8) is 0 Å². The van der Waals surface area contributed by atoms with Crippen LogP contribution in [0, 0.1) is 6.92 Å². The number of benzene rings is 1. The number of hydrogen-bond donors (Lipinski definition) is 3. The van der Waals surface area contributed by atoms with Crippen molar-refractivity contribution in [3.05, 3.63) is 28.8 Å². The lowest BCUT2D eigenvalue weighted by Crippen LogP contribution is -2.39. The molecule has 2 rings (SSSR count). The Labute approximate surface area is 190 Å². The summed E-state index contributed by atoms with van der Waals surface area (Å²) in [4.78, 5) is 19.3. The number of hydrogen-bond acceptors (Lipinski definition) is 3. The number of carbonyl (C=O) groups excluding carboxylic acids is 1. The molecule has 3 N–H and O–H groups in total. The molecular formula is C20H33ClIN5O. The highest BCUT2D eigenvalue weighted by molar-refractivity contribution is 14.0. The maximum atomic E-state index is 12.2. The van der Waals surface area contributed by atoms with Crippen LogP contribution in [0.5, 0.6) is 0 Å². The Bertz CT molecular complexity index is 635. The molecule has 0 aliphatic carbocycles. The van der Waals surface area contributed by atoms with Gasteiger partial charge in [-0.2, -0.15) is 0 Å². The van der Waals surface area contributed by atoms with Crippen molar-refractivity contribution in [2.45, 2.75) is 39.5 Å². The van der Waals surface area contributed by atoms with Gasteiger partial charge in [0.15, 0.2) is 5.96 Å². The van der Waals surface area contributed by atoms with Gasteiger partial charge < -0.3 is 20.9 Å². The van der Waals surface area contributed by atoms with Crippen molar-refractivity contribution in [2.24, 2.45) is 4.99 Å². The molecule has 28 heavy (non-hydrogen) atoms. The lowest BCUT2D eigenvalue weighted by molar-refractivity contribution is -0.116. The first-order chi connectivity index (χ1) is 13.1. The van der Waals surface area contributed by atoms with Gasteiger partial charge in [0.2, 0.25) is 5.91 Å². The Balaban J connectivity index is 0.00000392. The fraction of sp³-hybridized carbons (Fsp3) is 0.600. The van der Waals surface area contributed by atoms with Gasteiger partial charge in [0.05, 0.1) is 6.54 Å². The Hall–Kier alpha value is -1.06. The smallest absolute Gasteiger partial charge is 0.226 e. The van der Waals surface area contributed by atoms with Crippen molar-refractivity contribution in [1.82, 2.24) is 15.5 Å². The lowest BCUT2D eigenvalue weighted by atomic mass is 10.1. The standard InChI is InChI=1S/C20H32ClN5O.HI/c1-3-22-20(24-12-15-26-13-5-4-6-14-26)23-11-10-19(27)25-18-9-7-8-17(21)16(18)2;/h7-9H,3-6,10-15H2,1-2H3,(H,25,27)(H2,22,23,24);1H. The minimum Gasteiger partial charge on any atom is -0.357 e. The first-order valence-corrected chi connectivity index (χ1v) is 10.3. The van der Waals surface area contributed by atoms with Gasteiger partial charge in [0.25, 0.3) is 0 Å². The van der Waals surface area contributed by atoms with Crippen molar-refractivity contribution in [1.29, 1.82) is 0 Å². The van der Waals surface area contributed by atoms with Gasteiger partial charge in [-0.05, 0) is 57.5 Å². The van der Waals surface area contributed by atoms with Gasteiger partial charge in [-0.1, -0.05) is 24.1 Å². The summed E-state index contributed by atoms with van der Waals surface area (Å²) in [6, 6.07) is 5.51. The van der Waals surface area contributed by atoms with Crippen molar-refractivity contribution in [2.75, 3.05) is 44.6 Å². The average molecular weight is 522 g/mol. The van der Waals surface area contributed by atoms with Crippen LogP contribution in [-0.4, -0.2) is 56.0 Å². The van der Waals surface area contributed by atoms with Crippen molar-refractivity contribution >= 4 is 53.1 Å². The van der Waals surface area contributed by atoms with Crippen molar-refractivity contribution in [3.8, 4) is 0 Å². The number of carbonyl (C=O) groups is 1. The molecule has 0 spiro atoms. The number of likely N-dealkylation sites (tertiary alicyclic amines) is 1. The van der Waals surface area contributed by atoms with E-state index in [0.29, 0.717) is 18.0 Å². The monoisotopic (exact) mass is 521 g/mol. The predicted octanol–water partition coefficient (Wildman–Crippen LogP) is 3.64. The predicted molar refractivity (Wildman–Crippen MR) is 129 cm³/mol. The molecule has 0 radical (unpaired) electrons. The third kappa shape index (κ3) is 8.96. The quantitative estimate of drug-likeness (QED) is 0.278. The highest BCUT2D eigenvalue weighted by atomic mass is 127. The molecule has 158 valence electrons. The van der Waals surface area contributed by atoms with Crippen LogP contribution in [0.25, 0.3) is 0 Å². The number of aliphatic imine (C=N–C) groups is 1. The average Bonchev–Trinajstić information content (AvgIpc) is 2.66. The second kappa shape index (κ2) is 14.0. The van der Waals surface area contributed by atoms with E-state index in [1.165, 1.54) is 32.4 Å². The van der Waals surface area contributed by atoms with Crippen LogP contribution in [0.15, 0.2) is 23.2 Å². The summed E-state index contributed by atoms with van der Waals surface area (Å²) in [5, 5.41) is 10.0. The fourth-order valence-corrected chi connectivity index (χ4v) is 3.25. The lowest BCUT2D eigenvalue weighted by Gasteiger charge is -2.25. The van der Waals surface area contributed by atoms with E-state index in [1.807, 2.05) is 32.0 Å². The number of nitrogens with zero attached hydrogens (tertiary/aromatic N) is 2. The summed E-state index contributed by atoms with van der Waals surface area (Å²) in [7, 11) is 0. The fourth-order valence-electron chi connectivity index (χ4n) is 3.08. The number of anilines is 1. The number of rotatable bonds is 8. The number of guanidine groups is 1. The van der Waals surface area contributed by atoms with E-state index in [0.717, 1.165) is 36.8 Å². The highest BCUT2D eigenvalue weighted by Gasteiger charge is 2.09. The summed E-state index contributed by atoms with van der Waals surface area (Å²) in [6.07, 6.45) is 4.30. The summed E-state index contributed by atoms with van der Waals surface area (Å²) in [5.41, 5.74) is 1.64. The maximum Gasteiger partial charge on any atom is 0.226 e. The summed E-state index contributed by atoms with van der Waals surface area (Å²) in [5.74, 6) is 0.721. The normalized spacial score (nSPS) is 14.9. The molecule has 1 aromatic rings. The van der Waals surface area contributed by atoms with Crippen LogP contribution < -0.4 is 16.0 Å². The molecule has 1 fully saturated rings. The van der Waals surface area contributed by atoms with Crippen molar-refractivity contribution < 1.29 is 4.79 Å². The zero-order valence-electron chi connectivity index (χ0n) is 16.9. The molecule has 0 unspecified atom stereocenters. The largest absolute Gasteiger partial charge is 0.357 e. The van der Waals surface area contributed by atoms with Gasteiger partial charge in [-0.25, -0.2) is 0 Å². The maximum absolute atomic E-state index is 12.2. The molecule has 0 atom stereocenters. The second-order valence-electron chi connectivity index (χ2n) is 6.80. The Morgan fingerprint density at radius 2 is 1.96 bits per heavy atom. The molecular weight excluding hydrogens is 489 g/mol. The topological polar surface area (TPSA) is 68.8 Å². The van der Waals surface area contributed by atoms with E-state index in [-0.39, 0.29) is 29.9 Å². The molecule has 1 heterocycles. The van der Waals surface area contributed by atoms with Crippen LogP contribution in [0.3, 0.4) is 0 Å². The first-order valence-electron chi connectivity index (χ1n) is 9.89. The molecule has 1 aliphatic heterocycles. The zero-order chi connectivity index (χ0) is 19.5. The number of nitrogens with one attached hydrogen (secondary N) is 3. The Kier molecular flexibility index (Phi) is 12.5. The molecule has 1 amide bonds. The number of halogens is 2. The summed E-state index contributed by atoms with van der Waals surface area (Å²) >= 11 is 6.09. The Morgan fingerprint density at radius 1 is 1.21 bits per heavy atom. The van der Waals surface area contributed by atoms with E-state index >= 15 is 0 Å². The Morgan fingerprint density at radius 3 is 2.68 bits per heavy atom. The van der Waals surface area contributed by atoms with Crippen LogP contribution in [-0.2, 0) is 4.79 Å². The van der Waals surface area contributed by atoms with Gasteiger partial charge in [0, 0.05) is 36.8 Å².